The number of hydrogen-bond donors (Lipinski definition) is 1. The predicted octanol–water partition coefficient (Wildman–Crippen LogP) is 4.40. The molecule has 0 spiro atoms. The van der Waals surface area contributed by atoms with Crippen molar-refractivity contribution in [1.82, 2.24) is 19.9 Å². The van der Waals surface area contributed by atoms with Crippen molar-refractivity contribution in [2.75, 3.05) is 18.0 Å². The summed E-state index contributed by atoms with van der Waals surface area (Å²) in [6, 6.07) is 18.5. The van der Waals surface area contributed by atoms with Crippen LogP contribution in [-0.4, -0.2) is 33.0 Å². The summed E-state index contributed by atoms with van der Waals surface area (Å²) >= 11 is 0. The summed E-state index contributed by atoms with van der Waals surface area (Å²) in [6.45, 7) is 1.95. The minimum absolute atomic E-state index is 0.498. The lowest BCUT2D eigenvalue weighted by Crippen LogP contribution is -2.34. The Kier molecular flexibility index (Phi) is 4.05. The molecule has 0 amide bonds. The maximum Gasteiger partial charge on any atom is 0.162 e. The molecule has 2 aromatic carbocycles. The summed E-state index contributed by atoms with van der Waals surface area (Å²) in [6.07, 6.45) is 5.90. The number of nitrogens with one attached hydrogen (secondary N) is 1. The zero-order valence-electron chi connectivity index (χ0n) is 15.0. The molecular formula is C22H21N5. The van der Waals surface area contributed by atoms with E-state index in [0.29, 0.717) is 5.92 Å². The molecule has 0 aliphatic carbocycles. The van der Waals surface area contributed by atoms with E-state index in [9.17, 15) is 0 Å². The molecule has 5 rings (SSSR count). The van der Waals surface area contributed by atoms with Gasteiger partial charge >= 0.3 is 0 Å². The van der Waals surface area contributed by atoms with Crippen LogP contribution in [0.3, 0.4) is 0 Å². The molecule has 5 nitrogen and oxygen atoms in total. The molecule has 1 aliphatic rings. The summed E-state index contributed by atoms with van der Waals surface area (Å²) in [5.41, 5.74) is 2.05. The molecule has 134 valence electrons. The first-order valence-corrected chi connectivity index (χ1v) is 9.45. The number of benzene rings is 2. The van der Waals surface area contributed by atoms with Gasteiger partial charge in [0, 0.05) is 42.4 Å². The fourth-order valence-electron chi connectivity index (χ4n) is 3.88. The topological polar surface area (TPSA) is 57.7 Å². The van der Waals surface area contributed by atoms with Crippen molar-refractivity contribution in [3.05, 3.63) is 72.8 Å². The van der Waals surface area contributed by atoms with Crippen molar-refractivity contribution < 1.29 is 0 Å². The maximum atomic E-state index is 4.97. The number of para-hydroxylation sites is 1. The molecule has 1 fully saturated rings. The number of imidazole rings is 1. The number of rotatable bonds is 3. The number of hydrogen-bond acceptors (Lipinski definition) is 4. The molecule has 1 aliphatic heterocycles. The standard InChI is InChI=1S/C22H21N5/c1-2-6-16(7-3-1)21-25-19-9-5-4-8-18(19)22(26-21)27-14-10-17(11-15-27)20-23-12-13-24-20/h1-9,12-13,17H,10-11,14-15H2,(H,23,24). The van der Waals surface area contributed by atoms with Crippen LogP contribution in [0.15, 0.2) is 67.0 Å². The first-order valence-electron chi connectivity index (χ1n) is 9.45. The molecule has 3 heterocycles. The maximum absolute atomic E-state index is 4.97. The van der Waals surface area contributed by atoms with Gasteiger partial charge in [0.2, 0.25) is 0 Å². The molecule has 5 heteroatoms. The van der Waals surface area contributed by atoms with Crippen molar-refractivity contribution in [2.24, 2.45) is 0 Å². The molecule has 0 atom stereocenters. The number of piperidine rings is 1. The van der Waals surface area contributed by atoms with E-state index in [-0.39, 0.29) is 0 Å². The number of nitrogens with zero attached hydrogens (tertiary/aromatic N) is 4. The number of aromatic nitrogens is 4. The van der Waals surface area contributed by atoms with Gasteiger partial charge in [-0.1, -0.05) is 42.5 Å². The van der Waals surface area contributed by atoms with Crippen LogP contribution in [0, 0.1) is 0 Å². The van der Waals surface area contributed by atoms with Gasteiger partial charge in [0.1, 0.15) is 11.6 Å². The van der Waals surface area contributed by atoms with Crippen LogP contribution in [0.25, 0.3) is 22.3 Å². The number of H-pyrrole nitrogens is 1. The minimum Gasteiger partial charge on any atom is -0.356 e. The molecule has 4 aromatic rings. The van der Waals surface area contributed by atoms with Crippen LogP contribution < -0.4 is 4.90 Å². The quantitative estimate of drug-likeness (QED) is 0.592. The predicted molar refractivity (Wildman–Crippen MR) is 108 cm³/mol. The Hall–Kier alpha value is -3.21. The molecule has 0 radical (unpaired) electrons. The van der Waals surface area contributed by atoms with E-state index < -0.39 is 0 Å². The van der Waals surface area contributed by atoms with E-state index in [1.165, 1.54) is 0 Å². The third-order valence-corrected chi connectivity index (χ3v) is 5.32. The first-order chi connectivity index (χ1) is 13.4. The van der Waals surface area contributed by atoms with Crippen LogP contribution in [0.5, 0.6) is 0 Å². The zero-order valence-corrected chi connectivity index (χ0v) is 15.0. The lowest BCUT2D eigenvalue weighted by atomic mass is 9.96. The first kappa shape index (κ1) is 16.0. The largest absolute Gasteiger partial charge is 0.356 e. The van der Waals surface area contributed by atoms with Crippen molar-refractivity contribution in [3.8, 4) is 11.4 Å². The Morgan fingerprint density at radius 1 is 0.889 bits per heavy atom. The van der Waals surface area contributed by atoms with Crippen molar-refractivity contribution in [2.45, 2.75) is 18.8 Å². The average Bonchev–Trinajstić information content (AvgIpc) is 3.29. The van der Waals surface area contributed by atoms with E-state index in [2.05, 4.69) is 45.2 Å². The van der Waals surface area contributed by atoms with Gasteiger partial charge in [0.15, 0.2) is 5.82 Å². The summed E-state index contributed by atoms with van der Waals surface area (Å²) < 4.78 is 0. The van der Waals surface area contributed by atoms with Crippen LogP contribution in [0.2, 0.25) is 0 Å². The molecule has 0 unspecified atom stereocenters. The Morgan fingerprint density at radius 2 is 1.67 bits per heavy atom. The SMILES string of the molecule is c1ccc(-c2nc(N3CCC(c4ncc[nH]4)CC3)c3ccccc3n2)cc1. The second kappa shape index (κ2) is 6.83. The van der Waals surface area contributed by atoms with E-state index in [0.717, 1.165) is 59.9 Å². The van der Waals surface area contributed by atoms with Gasteiger partial charge in [-0.3, -0.25) is 0 Å². The third-order valence-electron chi connectivity index (χ3n) is 5.32. The number of aromatic amines is 1. The third kappa shape index (κ3) is 3.05. The molecule has 1 N–H and O–H groups in total. The summed E-state index contributed by atoms with van der Waals surface area (Å²) in [5.74, 6) is 3.43. The zero-order chi connectivity index (χ0) is 18.1. The van der Waals surface area contributed by atoms with Crippen LogP contribution in [-0.2, 0) is 0 Å². The van der Waals surface area contributed by atoms with E-state index in [1.807, 2.05) is 36.7 Å². The van der Waals surface area contributed by atoms with Gasteiger partial charge in [-0.2, -0.15) is 0 Å². The van der Waals surface area contributed by atoms with Gasteiger partial charge in [0.05, 0.1) is 5.52 Å². The van der Waals surface area contributed by atoms with Crippen molar-refractivity contribution in [1.29, 1.82) is 0 Å². The second-order valence-corrected chi connectivity index (χ2v) is 6.99. The van der Waals surface area contributed by atoms with Gasteiger partial charge < -0.3 is 9.88 Å². The van der Waals surface area contributed by atoms with Gasteiger partial charge in [-0.25, -0.2) is 15.0 Å². The summed E-state index contributed by atoms with van der Waals surface area (Å²) in [5, 5.41) is 1.12. The average molecular weight is 355 g/mol. The Morgan fingerprint density at radius 3 is 2.44 bits per heavy atom. The van der Waals surface area contributed by atoms with E-state index in [4.69, 9.17) is 9.97 Å². The van der Waals surface area contributed by atoms with Crippen molar-refractivity contribution >= 4 is 16.7 Å². The molecular weight excluding hydrogens is 334 g/mol. The molecule has 2 aromatic heterocycles. The molecule has 0 saturated carbocycles. The molecule has 0 bridgehead atoms. The fourth-order valence-corrected chi connectivity index (χ4v) is 3.88. The molecule has 27 heavy (non-hydrogen) atoms. The van der Waals surface area contributed by atoms with Crippen LogP contribution >= 0.6 is 0 Å². The molecule has 1 saturated heterocycles. The van der Waals surface area contributed by atoms with Crippen LogP contribution in [0.4, 0.5) is 5.82 Å². The Labute approximate surface area is 158 Å². The minimum atomic E-state index is 0.498. The lowest BCUT2D eigenvalue weighted by Gasteiger charge is -2.32. The van der Waals surface area contributed by atoms with Gasteiger partial charge in [-0.05, 0) is 25.0 Å². The fraction of sp³-hybridized carbons (Fsp3) is 0.227. The number of anilines is 1. The van der Waals surface area contributed by atoms with Gasteiger partial charge in [-0.15, -0.1) is 0 Å². The van der Waals surface area contributed by atoms with Crippen LogP contribution in [0.1, 0.15) is 24.6 Å². The Balaban J connectivity index is 1.51. The highest BCUT2D eigenvalue weighted by Gasteiger charge is 2.24. The smallest absolute Gasteiger partial charge is 0.162 e. The lowest BCUT2D eigenvalue weighted by molar-refractivity contribution is 0.487. The highest BCUT2D eigenvalue weighted by Crippen LogP contribution is 2.32. The number of fused-ring (bicyclic) bond motifs is 1. The van der Waals surface area contributed by atoms with Crippen molar-refractivity contribution in [3.63, 3.8) is 0 Å². The monoisotopic (exact) mass is 355 g/mol. The highest BCUT2D eigenvalue weighted by molar-refractivity contribution is 5.91. The summed E-state index contributed by atoms with van der Waals surface area (Å²) in [7, 11) is 0. The van der Waals surface area contributed by atoms with E-state index >= 15 is 0 Å². The summed E-state index contributed by atoms with van der Waals surface area (Å²) in [4.78, 5) is 19.9. The highest BCUT2D eigenvalue weighted by atomic mass is 15.2. The second-order valence-electron chi connectivity index (χ2n) is 6.99. The van der Waals surface area contributed by atoms with E-state index in [1.54, 1.807) is 0 Å². The normalized spacial score (nSPS) is 15.3. The van der Waals surface area contributed by atoms with Gasteiger partial charge in [0.25, 0.3) is 0 Å². The Bertz CT molecular complexity index is 1030.